The number of amides is 2. The number of nitrogens with one attached hydrogen (secondary N) is 1. The predicted octanol–water partition coefficient (Wildman–Crippen LogP) is 0.632. The molecule has 2 unspecified atom stereocenters. The molecule has 2 heterocycles. The van der Waals surface area contributed by atoms with E-state index in [1.807, 2.05) is 29.7 Å². The first-order valence-corrected chi connectivity index (χ1v) is 8.57. The standard InChI is InChI=1S/C17H26N4O3/c1-13-10-20(11-14(2)24-13)12-15(9-18)17(23)19-6-4-8-21-7-3-5-16(21)22/h12-14H,3-8,10-11H2,1-2H3,(H,19,23)/b15-12-. The molecule has 2 aliphatic rings. The van der Waals surface area contributed by atoms with E-state index in [-0.39, 0.29) is 29.6 Å². The quantitative estimate of drug-likeness (QED) is 0.437. The van der Waals surface area contributed by atoms with E-state index in [9.17, 15) is 14.9 Å². The number of ether oxygens (including phenoxy) is 1. The first-order valence-electron chi connectivity index (χ1n) is 8.57. The summed E-state index contributed by atoms with van der Waals surface area (Å²) in [5.74, 6) is -0.175. The number of nitriles is 1. The first-order chi connectivity index (χ1) is 11.5. The summed E-state index contributed by atoms with van der Waals surface area (Å²) in [5.41, 5.74) is 0.105. The molecule has 7 nitrogen and oxygen atoms in total. The number of rotatable bonds is 6. The van der Waals surface area contributed by atoms with Crippen LogP contribution in [-0.4, -0.2) is 66.5 Å². The van der Waals surface area contributed by atoms with Crippen molar-refractivity contribution in [3.63, 3.8) is 0 Å². The number of carbonyl (C=O) groups is 2. The van der Waals surface area contributed by atoms with Crippen LogP contribution in [0, 0.1) is 11.3 Å². The fourth-order valence-corrected chi connectivity index (χ4v) is 3.15. The van der Waals surface area contributed by atoms with Crippen LogP contribution in [0.3, 0.4) is 0 Å². The maximum atomic E-state index is 12.1. The molecule has 0 aromatic heterocycles. The molecular weight excluding hydrogens is 308 g/mol. The van der Waals surface area contributed by atoms with Gasteiger partial charge in [0.15, 0.2) is 0 Å². The van der Waals surface area contributed by atoms with Crippen LogP contribution in [0.25, 0.3) is 0 Å². The van der Waals surface area contributed by atoms with Gasteiger partial charge < -0.3 is 19.9 Å². The molecule has 24 heavy (non-hydrogen) atoms. The van der Waals surface area contributed by atoms with E-state index in [0.29, 0.717) is 39.0 Å². The van der Waals surface area contributed by atoms with E-state index in [0.717, 1.165) is 13.0 Å². The third-order valence-corrected chi connectivity index (χ3v) is 4.19. The highest BCUT2D eigenvalue weighted by molar-refractivity contribution is 5.97. The lowest BCUT2D eigenvalue weighted by Gasteiger charge is -2.34. The number of nitrogens with zero attached hydrogens (tertiary/aromatic N) is 3. The fraction of sp³-hybridized carbons (Fsp3) is 0.706. The minimum absolute atomic E-state index is 0.0750. The Bertz CT molecular complexity index is 530. The Balaban J connectivity index is 1.77. The Morgan fingerprint density at radius 1 is 1.42 bits per heavy atom. The fourth-order valence-electron chi connectivity index (χ4n) is 3.15. The molecule has 2 aliphatic heterocycles. The highest BCUT2D eigenvalue weighted by Gasteiger charge is 2.22. The monoisotopic (exact) mass is 334 g/mol. The second kappa shape index (κ2) is 8.69. The molecule has 2 fully saturated rings. The maximum absolute atomic E-state index is 12.1. The van der Waals surface area contributed by atoms with Gasteiger partial charge in [0.25, 0.3) is 5.91 Å². The van der Waals surface area contributed by atoms with Crippen molar-refractivity contribution in [3.05, 3.63) is 11.8 Å². The van der Waals surface area contributed by atoms with Crippen molar-refractivity contribution in [1.29, 1.82) is 5.26 Å². The predicted molar refractivity (Wildman–Crippen MR) is 88.7 cm³/mol. The van der Waals surface area contributed by atoms with E-state index in [4.69, 9.17) is 4.74 Å². The van der Waals surface area contributed by atoms with Gasteiger partial charge in [-0.2, -0.15) is 5.26 Å². The van der Waals surface area contributed by atoms with Gasteiger partial charge in [0.2, 0.25) is 5.91 Å². The molecule has 0 aromatic rings. The maximum Gasteiger partial charge on any atom is 0.263 e. The number of likely N-dealkylation sites (tertiary alicyclic amines) is 1. The molecule has 2 rings (SSSR count). The molecule has 2 atom stereocenters. The molecule has 132 valence electrons. The van der Waals surface area contributed by atoms with Crippen LogP contribution in [0.5, 0.6) is 0 Å². The summed E-state index contributed by atoms with van der Waals surface area (Å²) in [6.07, 6.45) is 4.01. The van der Waals surface area contributed by atoms with Crippen molar-refractivity contribution in [2.75, 3.05) is 32.7 Å². The van der Waals surface area contributed by atoms with Crippen LogP contribution in [-0.2, 0) is 14.3 Å². The molecule has 0 saturated carbocycles. The van der Waals surface area contributed by atoms with Gasteiger partial charge in [0.1, 0.15) is 11.6 Å². The van der Waals surface area contributed by atoms with Crippen LogP contribution >= 0.6 is 0 Å². The summed E-state index contributed by atoms with van der Waals surface area (Å²) < 4.78 is 5.64. The third kappa shape index (κ3) is 5.24. The molecular formula is C17H26N4O3. The Morgan fingerprint density at radius 3 is 2.71 bits per heavy atom. The highest BCUT2D eigenvalue weighted by Crippen LogP contribution is 2.12. The number of morpholine rings is 1. The van der Waals surface area contributed by atoms with Gasteiger partial charge in [-0.1, -0.05) is 0 Å². The molecule has 0 bridgehead atoms. The minimum Gasteiger partial charge on any atom is -0.372 e. The van der Waals surface area contributed by atoms with Crippen molar-refractivity contribution in [2.24, 2.45) is 0 Å². The highest BCUT2D eigenvalue weighted by atomic mass is 16.5. The van der Waals surface area contributed by atoms with Crippen LogP contribution in [0.1, 0.15) is 33.1 Å². The van der Waals surface area contributed by atoms with E-state index in [1.165, 1.54) is 0 Å². The van der Waals surface area contributed by atoms with Crippen molar-refractivity contribution in [3.8, 4) is 6.07 Å². The van der Waals surface area contributed by atoms with Crippen molar-refractivity contribution in [2.45, 2.75) is 45.3 Å². The lowest BCUT2D eigenvalue weighted by atomic mass is 10.2. The molecule has 7 heteroatoms. The molecule has 2 amide bonds. The van der Waals surface area contributed by atoms with Crippen LogP contribution in [0.15, 0.2) is 11.8 Å². The van der Waals surface area contributed by atoms with Gasteiger partial charge in [0, 0.05) is 45.3 Å². The van der Waals surface area contributed by atoms with Crippen molar-refractivity contribution in [1.82, 2.24) is 15.1 Å². The average molecular weight is 334 g/mol. The third-order valence-electron chi connectivity index (χ3n) is 4.19. The zero-order valence-corrected chi connectivity index (χ0v) is 14.5. The van der Waals surface area contributed by atoms with Gasteiger partial charge in [-0.05, 0) is 26.7 Å². The zero-order valence-electron chi connectivity index (χ0n) is 14.5. The molecule has 0 aromatic carbocycles. The molecule has 0 spiro atoms. The second-order valence-corrected chi connectivity index (χ2v) is 6.46. The van der Waals surface area contributed by atoms with Gasteiger partial charge >= 0.3 is 0 Å². The topological polar surface area (TPSA) is 85.7 Å². The van der Waals surface area contributed by atoms with Gasteiger partial charge in [0.05, 0.1) is 12.2 Å². The SMILES string of the molecule is CC1CN(/C=C(/C#N)C(=O)NCCCN2CCCC2=O)CC(C)O1. The first kappa shape index (κ1) is 18.3. The van der Waals surface area contributed by atoms with Crippen LogP contribution in [0.2, 0.25) is 0 Å². The Hall–Kier alpha value is -2.07. The summed E-state index contributed by atoms with van der Waals surface area (Å²) in [4.78, 5) is 27.4. The Labute approximate surface area is 143 Å². The lowest BCUT2D eigenvalue weighted by molar-refractivity contribution is -0.127. The minimum atomic E-state index is -0.364. The van der Waals surface area contributed by atoms with Gasteiger partial charge in [-0.25, -0.2) is 0 Å². The molecule has 2 saturated heterocycles. The van der Waals surface area contributed by atoms with E-state index < -0.39 is 0 Å². The summed E-state index contributed by atoms with van der Waals surface area (Å²) in [6.45, 7) is 7.20. The molecule has 0 radical (unpaired) electrons. The summed E-state index contributed by atoms with van der Waals surface area (Å²) in [7, 11) is 0. The normalized spacial score (nSPS) is 24.9. The van der Waals surface area contributed by atoms with E-state index >= 15 is 0 Å². The largest absolute Gasteiger partial charge is 0.372 e. The van der Waals surface area contributed by atoms with Gasteiger partial charge in [-0.15, -0.1) is 0 Å². The van der Waals surface area contributed by atoms with Gasteiger partial charge in [-0.3, -0.25) is 9.59 Å². The zero-order chi connectivity index (χ0) is 17.5. The van der Waals surface area contributed by atoms with Crippen molar-refractivity contribution < 1.29 is 14.3 Å². The lowest BCUT2D eigenvalue weighted by Crippen LogP contribution is -2.43. The van der Waals surface area contributed by atoms with Crippen LogP contribution in [0.4, 0.5) is 0 Å². The smallest absolute Gasteiger partial charge is 0.263 e. The molecule has 1 N–H and O–H groups in total. The van der Waals surface area contributed by atoms with Crippen molar-refractivity contribution >= 4 is 11.8 Å². The Morgan fingerprint density at radius 2 is 2.12 bits per heavy atom. The summed E-state index contributed by atoms with van der Waals surface area (Å²) >= 11 is 0. The average Bonchev–Trinajstić information content (AvgIpc) is 2.93. The summed E-state index contributed by atoms with van der Waals surface area (Å²) in [6, 6.07) is 1.97. The number of hydrogen-bond donors (Lipinski definition) is 1. The number of carbonyl (C=O) groups excluding carboxylic acids is 2. The number of hydrogen-bond acceptors (Lipinski definition) is 5. The Kier molecular flexibility index (Phi) is 6.62. The second-order valence-electron chi connectivity index (χ2n) is 6.46. The molecule has 0 aliphatic carbocycles. The van der Waals surface area contributed by atoms with E-state index in [2.05, 4.69) is 5.32 Å². The summed E-state index contributed by atoms with van der Waals surface area (Å²) in [5, 5.41) is 12.0. The van der Waals surface area contributed by atoms with E-state index in [1.54, 1.807) is 6.20 Å². The van der Waals surface area contributed by atoms with Crippen LogP contribution < -0.4 is 5.32 Å².